The van der Waals surface area contributed by atoms with Crippen LogP contribution in [-0.2, 0) is 9.57 Å². The van der Waals surface area contributed by atoms with Crippen molar-refractivity contribution in [1.29, 1.82) is 0 Å². The van der Waals surface area contributed by atoms with Crippen LogP contribution in [0, 0.1) is 0 Å². The molecular formula is C9H15NO3. The molecule has 13 heavy (non-hydrogen) atoms. The molecule has 1 aliphatic carbocycles. The summed E-state index contributed by atoms with van der Waals surface area (Å²) in [6, 6.07) is 0. The maximum Gasteiger partial charge on any atom is 0.196 e. The minimum atomic E-state index is -0.972. The Morgan fingerprint density at radius 1 is 1.54 bits per heavy atom. The highest BCUT2D eigenvalue weighted by Crippen LogP contribution is 2.20. The summed E-state index contributed by atoms with van der Waals surface area (Å²) >= 11 is 0. The SMILES string of the molecule is COCC1=CC=C(C(O)ON)CC1. The van der Waals surface area contributed by atoms with Gasteiger partial charge in [-0.2, -0.15) is 0 Å². The van der Waals surface area contributed by atoms with Crippen LogP contribution in [0.2, 0.25) is 0 Å². The molecule has 0 heterocycles. The molecule has 1 rings (SSSR count). The van der Waals surface area contributed by atoms with Crippen LogP contribution in [0.15, 0.2) is 23.3 Å². The second kappa shape index (κ2) is 5.14. The van der Waals surface area contributed by atoms with E-state index >= 15 is 0 Å². The standard InChI is InChI=1S/C9H15NO3/c1-12-6-7-2-4-8(5-3-7)9(11)13-10/h2,4,9,11H,3,5-6,10H2,1H3. The van der Waals surface area contributed by atoms with Gasteiger partial charge in [0.2, 0.25) is 0 Å². The highest BCUT2D eigenvalue weighted by atomic mass is 16.7. The molecule has 1 unspecified atom stereocenters. The molecule has 74 valence electrons. The predicted octanol–water partition coefficient (Wildman–Crippen LogP) is 0.488. The Hall–Kier alpha value is -0.680. The first kappa shape index (κ1) is 10.4. The molecule has 4 heteroatoms. The van der Waals surface area contributed by atoms with Crippen LogP contribution in [0.1, 0.15) is 12.8 Å². The van der Waals surface area contributed by atoms with Crippen LogP contribution in [0.25, 0.3) is 0 Å². The van der Waals surface area contributed by atoms with Gasteiger partial charge in [-0.15, -0.1) is 0 Å². The number of ether oxygens (including phenoxy) is 1. The fourth-order valence-electron chi connectivity index (χ4n) is 1.30. The molecule has 0 saturated carbocycles. The van der Waals surface area contributed by atoms with Crippen molar-refractivity contribution in [2.45, 2.75) is 19.1 Å². The lowest BCUT2D eigenvalue weighted by Gasteiger charge is -2.17. The van der Waals surface area contributed by atoms with Crippen LogP contribution in [-0.4, -0.2) is 25.1 Å². The van der Waals surface area contributed by atoms with Gasteiger partial charge in [-0.05, 0) is 24.0 Å². The van der Waals surface area contributed by atoms with Gasteiger partial charge in [0.25, 0.3) is 0 Å². The molecule has 0 aliphatic heterocycles. The average Bonchev–Trinajstić information content (AvgIpc) is 2.18. The second-order valence-electron chi connectivity index (χ2n) is 2.99. The minimum Gasteiger partial charge on any atom is -0.380 e. The lowest BCUT2D eigenvalue weighted by Crippen LogP contribution is -2.20. The maximum atomic E-state index is 9.22. The van der Waals surface area contributed by atoms with Crippen molar-refractivity contribution in [3.63, 3.8) is 0 Å². The van der Waals surface area contributed by atoms with E-state index < -0.39 is 6.29 Å². The third kappa shape index (κ3) is 2.93. The third-order valence-electron chi connectivity index (χ3n) is 2.04. The van der Waals surface area contributed by atoms with Crippen LogP contribution in [0.4, 0.5) is 0 Å². The summed E-state index contributed by atoms with van der Waals surface area (Å²) in [5, 5.41) is 9.22. The van der Waals surface area contributed by atoms with E-state index in [1.165, 1.54) is 5.57 Å². The van der Waals surface area contributed by atoms with Crippen molar-refractivity contribution < 1.29 is 14.7 Å². The average molecular weight is 185 g/mol. The maximum absolute atomic E-state index is 9.22. The molecule has 4 nitrogen and oxygen atoms in total. The molecule has 0 aromatic rings. The van der Waals surface area contributed by atoms with Gasteiger partial charge in [0.1, 0.15) is 0 Å². The summed E-state index contributed by atoms with van der Waals surface area (Å²) in [6.07, 6.45) is 4.45. The van der Waals surface area contributed by atoms with Crippen molar-refractivity contribution >= 4 is 0 Å². The van der Waals surface area contributed by atoms with E-state index in [4.69, 9.17) is 10.6 Å². The Morgan fingerprint density at radius 2 is 2.31 bits per heavy atom. The van der Waals surface area contributed by atoms with Gasteiger partial charge in [0.05, 0.1) is 6.61 Å². The van der Waals surface area contributed by atoms with Crippen molar-refractivity contribution in [3.8, 4) is 0 Å². The van der Waals surface area contributed by atoms with Gasteiger partial charge in [0, 0.05) is 7.11 Å². The van der Waals surface area contributed by atoms with Gasteiger partial charge >= 0.3 is 0 Å². The highest BCUT2D eigenvalue weighted by molar-refractivity contribution is 5.25. The lowest BCUT2D eigenvalue weighted by atomic mass is 9.98. The van der Waals surface area contributed by atoms with Crippen molar-refractivity contribution in [1.82, 2.24) is 0 Å². The topological polar surface area (TPSA) is 64.7 Å². The first-order valence-electron chi connectivity index (χ1n) is 4.19. The zero-order chi connectivity index (χ0) is 9.68. The smallest absolute Gasteiger partial charge is 0.196 e. The quantitative estimate of drug-likeness (QED) is 0.494. The fourth-order valence-corrected chi connectivity index (χ4v) is 1.30. The Labute approximate surface area is 77.6 Å². The molecule has 0 aromatic carbocycles. The minimum absolute atomic E-state index is 0.642. The summed E-state index contributed by atoms with van der Waals surface area (Å²) in [5.41, 5.74) is 2.03. The molecule has 0 bridgehead atoms. The number of methoxy groups -OCH3 is 1. The normalized spacial score (nSPS) is 19.3. The highest BCUT2D eigenvalue weighted by Gasteiger charge is 2.13. The monoisotopic (exact) mass is 185 g/mol. The molecule has 0 aromatic heterocycles. The van der Waals surface area contributed by atoms with E-state index in [-0.39, 0.29) is 0 Å². The Bertz CT molecular complexity index is 223. The Balaban J connectivity index is 2.54. The Morgan fingerprint density at radius 3 is 2.77 bits per heavy atom. The van der Waals surface area contributed by atoms with Crippen molar-refractivity contribution in [2.75, 3.05) is 13.7 Å². The van der Waals surface area contributed by atoms with E-state index in [1.54, 1.807) is 7.11 Å². The number of aliphatic hydroxyl groups is 1. The Kier molecular flexibility index (Phi) is 4.11. The summed E-state index contributed by atoms with van der Waals surface area (Å²) in [5.74, 6) is 4.86. The fraction of sp³-hybridized carbons (Fsp3) is 0.556. The van der Waals surface area contributed by atoms with E-state index in [1.807, 2.05) is 12.2 Å². The van der Waals surface area contributed by atoms with Gasteiger partial charge in [-0.25, -0.2) is 5.90 Å². The summed E-state index contributed by atoms with van der Waals surface area (Å²) < 4.78 is 4.99. The van der Waals surface area contributed by atoms with Gasteiger partial charge in [0.15, 0.2) is 6.29 Å². The van der Waals surface area contributed by atoms with E-state index in [0.29, 0.717) is 6.61 Å². The largest absolute Gasteiger partial charge is 0.380 e. The zero-order valence-corrected chi connectivity index (χ0v) is 7.69. The van der Waals surface area contributed by atoms with E-state index in [9.17, 15) is 5.11 Å². The van der Waals surface area contributed by atoms with Crippen LogP contribution >= 0.6 is 0 Å². The number of allylic oxidation sites excluding steroid dienone is 2. The number of rotatable bonds is 4. The molecular weight excluding hydrogens is 170 g/mol. The van der Waals surface area contributed by atoms with Gasteiger partial charge in [-0.3, -0.25) is 4.84 Å². The summed E-state index contributed by atoms with van der Waals surface area (Å²) in [6.45, 7) is 0.642. The first-order valence-corrected chi connectivity index (χ1v) is 4.19. The number of hydrogen-bond donors (Lipinski definition) is 2. The first-order chi connectivity index (χ1) is 6.27. The molecule has 0 spiro atoms. The predicted molar refractivity (Wildman–Crippen MR) is 48.6 cm³/mol. The number of nitrogens with two attached hydrogens (primary N) is 1. The van der Waals surface area contributed by atoms with Crippen LogP contribution in [0.5, 0.6) is 0 Å². The van der Waals surface area contributed by atoms with Gasteiger partial charge < -0.3 is 9.84 Å². The zero-order valence-electron chi connectivity index (χ0n) is 7.69. The van der Waals surface area contributed by atoms with E-state index in [2.05, 4.69) is 4.84 Å². The molecule has 0 amide bonds. The molecule has 0 radical (unpaired) electrons. The summed E-state index contributed by atoms with van der Waals surface area (Å²) in [4.78, 5) is 4.31. The van der Waals surface area contributed by atoms with Crippen molar-refractivity contribution in [3.05, 3.63) is 23.3 Å². The van der Waals surface area contributed by atoms with E-state index in [0.717, 1.165) is 18.4 Å². The van der Waals surface area contributed by atoms with Crippen LogP contribution < -0.4 is 5.90 Å². The third-order valence-corrected chi connectivity index (χ3v) is 2.04. The molecule has 0 saturated heterocycles. The molecule has 3 N–H and O–H groups in total. The number of hydrogen-bond acceptors (Lipinski definition) is 4. The van der Waals surface area contributed by atoms with Gasteiger partial charge in [-0.1, -0.05) is 12.2 Å². The lowest BCUT2D eigenvalue weighted by molar-refractivity contribution is -0.0764. The number of aliphatic hydroxyl groups excluding tert-OH is 1. The summed E-state index contributed by atoms with van der Waals surface area (Å²) in [7, 11) is 1.66. The molecule has 1 atom stereocenters. The van der Waals surface area contributed by atoms with Crippen LogP contribution in [0.3, 0.4) is 0 Å². The molecule has 0 fully saturated rings. The van der Waals surface area contributed by atoms with Crippen molar-refractivity contribution in [2.24, 2.45) is 5.90 Å². The second-order valence-corrected chi connectivity index (χ2v) is 2.99. The molecule has 1 aliphatic rings.